The molecule has 6 heteroatoms. The number of rotatable bonds is 4. The predicted octanol–water partition coefficient (Wildman–Crippen LogP) is 4.65. The van der Waals surface area contributed by atoms with Gasteiger partial charge in [-0.25, -0.2) is 9.97 Å². The minimum Gasteiger partial charge on any atom is -0.356 e. The summed E-state index contributed by atoms with van der Waals surface area (Å²) in [5, 5.41) is 3.33. The Kier molecular flexibility index (Phi) is 5.03. The molecule has 5 nitrogen and oxygen atoms in total. The van der Waals surface area contributed by atoms with E-state index in [1.165, 1.54) is 0 Å². The zero-order valence-electron chi connectivity index (χ0n) is 14.7. The molecule has 0 saturated carbocycles. The Hall–Kier alpha value is -2.92. The molecule has 0 atom stereocenters. The van der Waals surface area contributed by atoms with Crippen molar-refractivity contribution < 1.29 is 4.79 Å². The first-order valence-electron chi connectivity index (χ1n) is 8.96. The number of nitrogens with zero attached hydrogens (tertiary/aromatic N) is 3. The largest absolute Gasteiger partial charge is 0.356 e. The molecule has 3 aromatic rings. The monoisotopic (exact) mass is 378 g/mol. The van der Waals surface area contributed by atoms with Crippen molar-refractivity contribution in [3.8, 4) is 11.4 Å². The van der Waals surface area contributed by atoms with Crippen LogP contribution in [0.5, 0.6) is 0 Å². The number of benzene rings is 2. The van der Waals surface area contributed by atoms with Gasteiger partial charge >= 0.3 is 0 Å². The van der Waals surface area contributed by atoms with Crippen molar-refractivity contribution >= 4 is 29.0 Å². The minimum atomic E-state index is -0.303. The van der Waals surface area contributed by atoms with Crippen molar-refractivity contribution in [2.75, 3.05) is 23.3 Å². The van der Waals surface area contributed by atoms with Crippen molar-refractivity contribution in [1.29, 1.82) is 0 Å². The van der Waals surface area contributed by atoms with Crippen LogP contribution in [0.1, 0.15) is 23.3 Å². The summed E-state index contributed by atoms with van der Waals surface area (Å²) in [5.74, 6) is 1.03. The lowest BCUT2D eigenvalue weighted by Crippen LogP contribution is -2.22. The van der Waals surface area contributed by atoms with E-state index in [-0.39, 0.29) is 5.91 Å². The highest BCUT2D eigenvalue weighted by Crippen LogP contribution is 2.25. The van der Waals surface area contributed by atoms with Crippen LogP contribution in [0, 0.1) is 0 Å². The van der Waals surface area contributed by atoms with Crippen LogP contribution in [0.2, 0.25) is 5.02 Å². The molecule has 0 bridgehead atoms. The van der Waals surface area contributed by atoms with Crippen molar-refractivity contribution in [1.82, 2.24) is 9.97 Å². The molecule has 2 aromatic carbocycles. The molecule has 0 aliphatic carbocycles. The molecule has 4 rings (SSSR count). The van der Waals surface area contributed by atoms with Gasteiger partial charge in [0.15, 0.2) is 5.82 Å². The van der Waals surface area contributed by atoms with E-state index in [2.05, 4.69) is 15.2 Å². The number of hydrogen-bond acceptors (Lipinski definition) is 4. The molecule has 1 fully saturated rings. The fourth-order valence-electron chi connectivity index (χ4n) is 3.12. The van der Waals surface area contributed by atoms with Gasteiger partial charge in [-0.05, 0) is 25.0 Å². The maximum atomic E-state index is 12.8. The van der Waals surface area contributed by atoms with Crippen LogP contribution >= 0.6 is 11.6 Å². The summed E-state index contributed by atoms with van der Waals surface area (Å²) < 4.78 is 0. The maximum absolute atomic E-state index is 12.8. The first-order chi connectivity index (χ1) is 13.2. The Balaban J connectivity index is 1.71. The number of para-hydroxylation sites is 1. The molecule has 0 unspecified atom stereocenters. The van der Waals surface area contributed by atoms with Crippen LogP contribution < -0.4 is 10.2 Å². The van der Waals surface area contributed by atoms with E-state index in [0.717, 1.165) is 37.3 Å². The van der Waals surface area contributed by atoms with Gasteiger partial charge in [0.05, 0.1) is 10.7 Å². The number of aromatic nitrogens is 2. The number of amides is 1. The van der Waals surface area contributed by atoms with Crippen molar-refractivity contribution in [2.24, 2.45) is 0 Å². The predicted molar refractivity (Wildman–Crippen MR) is 108 cm³/mol. The number of carbonyl (C=O) groups excluding carboxylic acids is 1. The first kappa shape index (κ1) is 17.5. The first-order valence-corrected chi connectivity index (χ1v) is 9.34. The summed E-state index contributed by atoms with van der Waals surface area (Å²) in [5.41, 5.74) is 1.77. The average Bonchev–Trinajstić information content (AvgIpc) is 3.25. The van der Waals surface area contributed by atoms with Crippen LogP contribution in [-0.2, 0) is 0 Å². The van der Waals surface area contributed by atoms with E-state index < -0.39 is 0 Å². The smallest absolute Gasteiger partial charge is 0.274 e. The molecule has 0 radical (unpaired) electrons. The highest BCUT2D eigenvalue weighted by Gasteiger charge is 2.19. The molecular formula is C21H19ClN4O. The Morgan fingerprint density at radius 3 is 2.41 bits per heavy atom. The van der Waals surface area contributed by atoms with Gasteiger partial charge in [0.2, 0.25) is 0 Å². The quantitative estimate of drug-likeness (QED) is 0.718. The van der Waals surface area contributed by atoms with E-state index in [9.17, 15) is 4.79 Å². The number of hydrogen-bond donors (Lipinski definition) is 1. The molecule has 1 aromatic heterocycles. The molecule has 1 amide bonds. The number of nitrogens with one attached hydrogen (secondary N) is 1. The third-order valence-electron chi connectivity index (χ3n) is 4.53. The fraction of sp³-hybridized carbons (Fsp3) is 0.190. The van der Waals surface area contributed by atoms with Crippen molar-refractivity contribution in [3.63, 3.8) is 0 Å². The van der Waals surface area contributed by atoms with Crippen LogP contribution in [-0.4, -0.2) is 29.0 Å². The van der Waals surface area contributed by atoms with Gasteiger partial charge < -0.3 is 10.2 Å². The van der Waals surface area contributed by atoms with Gasteiger partial charge in [-0.1, -0.05) is 54.1 Å². The Morgan fingerprint density at radius 1 is 0.963 bits per heavy atom. The van der Waals surface area contributed by atoms with E-state index >= 15 is 0 Å². The summed E-state index contributed by atoms with van der Waals surface area (Å²) >= 11 is 6.16. The topological polar surface area (TPSA) is 58.1 Å². The number of halogens is 1. The summed E-state index contributed by atoms with van der Waals surface area (Å²) in [6.07, 6.45) is 2.26. The Bertz CT molecular complexity index is 955. The lowest BCUT2D eigenvalue weighted by Gasteiger charge is -2.18. The van der Waals surface area contributed by atoms with Gasteiger partial charge in [-0.15, -0.1) is 0 Å². The van der Waals surface area contributed by atoms with E-state index in [4.69, 9.17) is 16.6 Å². The van der Waals surface area contributed by atoms with Crippen molar-refractivity contribution in [3.05, 3.63) is 71.4 Å². The molecule has 1 aliphatic rings. The lowest BCUT2D eigenvalue weighted by molar-refractivity contribution is 0.102. The van der Waals surface area contributed by atoms with Gasteiger partial charge in [-0.2, -0.15) is 0 Å². The fourth-order valence-corrected chi connectivity index (χ4v) is 3.31. The van der Waals surface area contributed by atoms with Crippen molar-refractivity contribution in [2.45, 2.75) is 12.8 Å². The van der Waals surface area contributed by atoms with Crippen LogP contribution in [0.4, 0.5) is 11.5 Å². The van der Waals surface area contributed by atoms with Crippen LogP contribution in [0.15, 0.2) is 60.7 Å². The molecule has 27 heavy (non-hydrogen) atoms. The van der Waals surface area contributed by atoms with E-state index in [1.807, 2.05) is 42.5 Å². The molecule has 2 heterocycles. The summed E-state index contributed by atoms with van der Waals surface area (Å²) in [4.78, 5) is 24.2. The second kappa shape index (κ2) is 7.76. The third kappa shape index (κ3) is 3.93. The molecule has 1 saturated heterocycles. The highest BCUT2D eigenvalue weighted by molar-refractivity contribution is 6.33. The maximum Gasteiger partial charge on any atom is 0.274 e. The summed E-state index contributed by atoms with van der Waals surface area (Å²) in [7, 11) is 0. The average molecular weight is 379 g/mol. The molecule has 1 aliphatic heterocycles. The highest BCUT2D eigenvalue weighted by atomic mass is 35.5. The second-order valence-electron chi connectivity index (χ2n) is 6.43. The van der Waals surface area contributed by atoms with Gasteiger partial charge in [0.25, 0.3) is 5.91 Å². The van der Waals surface area contributed by atoms with Crippen LogP contribution in [0.25, 0.3) is 11.4 Å². The number of carbonyl (C=O) groups is 1. The normalized spacial score (nSPS) is 13.6. The lowest BCUT2D eigenvalue weighted by atomic mass is 10.2. The molecule has 136 valence electrons. The second-order valence-corrected chi connectivity index (χ2v) is 6.84. The van der Waals surface area contributed by atoms with Crippen LogP contribution in [0.3, 0.4) is 0 Å². The molecular weight excluding hydrogens is 360 g/mol. The Morgan fingerprint density at radius 2 is 1.67 bits per heavy atom. The van der Waals surface area contributed by atoms with Gasteiger partial charge in [-0.3, -0.25) is 4.79 Å². The SMILES string of the molecule is O=C(Nc1ccccc1Cl)c1cc(N2CCCC2)nc(-c2ccccc2)n1. The molecule has 1 N–H and O–H groups in total. The standard InChI is InChI=1S/C21H19ClN4O/c22-16-10-4-5-11-17(16)24-21(27)18-14-19(26-12-6-7-13-26)25-20(23-18)15-8-2-1-3-9-15/h1-5,8-11,14H,6-7,12-13H2,(H,24,27). The summed E-state index contributed by atoms with van der Waals surface area (Å²) in [6, 6.07) is 18.6. The van der Waals surface area contributed by atoms with E-state index in [0.29, 0.717) is 22.2 Å². The third-order valence-corrected chi connectivity index (χ3v) is 4.86. The molecule has 0 spiro atoms. The Labute approximate surface area is 163 Å². The number of anilines is 2. The summed E-state index contributed by atoms with van der Waals surface area (Å²) in [6.45, 7) is 1.88. The van der Waals surface area contributed by atoms with Gasteiger partial charge in [0.1, 0.15) is 11.5 Å². The van der Waals surface area contributed by atoms with E-state index in [1.54, 1.807) is 18.2 Å². The van der Waals surface area contributed by atoms with Gasteiger partial charge in [0, 0.05) is 24.7 Å². The minimum absolute atomic E-state index is 0.303. The zero-order valence-corrected chi connectivity index (χ0v) is 15.5. The zero-order chi connectivity index (χ0) is 18.6.